The normalized spacial score (nSPS) is 32.2. The van der Waals surface area contributed by atoms with Crippen LogP contribution in [0.15, 0.2) is 0 Å². The second-order valence-corrected chi connectivity index (χ2v) is 8.27. The predicted octanol–water partition coefficient (Wildman–Crippen LogP) is 5.15. The van der Waals surface area contributed by atoms with E-state index in [0.29, 0.717) is 5.41 Å². The first kappa shape index (κ1) is 15.4. The predicted molar refractivity (Wildman–Crippen MR) is 84.4 cm³/mol. The van der Waals surface area contributed by atoms with Gasteiger partial charge in [-0.3, -0.25) is 0 Å². The van der Waals surface area contributed by atoms with Crippen LogP contribution in [0.5, 0.6) is 0 Å². The van der Waals surface area contributed by atoms with E-state index in [1.807, 2.05) is 0 Å². The summed E-state index contributed by atoms with van der Waals surface area (Å²) in [7, 11) is 0. The van der Waals surface area contributed by atoms with Crippen LogP contribution in [0.4, 0.5) is 0 Å². The van der Waals surface area contributed by atoms with Crippen LogP contribution in [-0.2, 0) is 0 Å². The summed E-state index contributed by atoms with van der Waals surface area (Å²) in [6.45, 7) is 9.67. The largest absolute Gasteiger partial charge is 0.311 e. The standard InChI is InChI=1S/C18H35N/c1-14(15-8-6-5-7-9-15)19-17-12-10-16(11-13-17)18(2,3)4/h14-17,19H,5-13H2,1-4H3. The van der Waals surface area contributed by atoms with Gasteiger partial charge in [-0.05, 0) is 62.7 Å². The molecule has 1 atom stereocenters. The van der Waals surface area contributed by atoms with E-state index in [2.05, 4.69) is 33.0 Å². The molecule has 2 fully saturated rings. The van der Waals surface area contributed by atoms with Gasteiger partial charge < -0.3 is 5.32 Å². The van der Waals surface area contributed by atoms with E-state index >= 15 is 0 Å². The monoisotopic (exact) mass is 265 g/mol. The minimum Gasteiger partial charge on any atom is -0.311 e. The Labute approximate surface area is 120 Å². The van der Waals surface area contributed by atoms with Crippen molar-refractivity contribution in [1.82, 2.24) is 5.32 Å². The van der Waals surface area contributed by atoms with Gasteiger partial charge >= 0.3 is 0 Å². The number of nitrogens with one attached hydrogen (secondary N) is 1. The third-order valence-electron chi connectivity index (χ3n) is 5.81. The third-order valence-corrected chi connectivity index (χ3v) is 5.81. The molecule has 1 nitrogen and oxygen atoms in total. The SMILES string of the molecule is CC(NC1CCC(C(C)(C)C)CC1)C1CCCCC1. The highest BCUT2D eigenvalue weighted by Gasteiger charge is 2.31. The molecule has 1 unspecified atom stereocenters. The van der Waals surface area contributed by atoms with Crippen LogP contribution in [0.1, 0.15) is 85.5 Å². The van der Waals surface area contributed by atoms with Gasteiger partial charge in [0.2, 0.25) is 0 Å². The highest BCUT2D eigenvalue weighted by molar-refractivity contribution is 4.86. The molecule has 0 amide bonds. The minimum atomic E-state index is 0.514. The first-order valence-electron chi connectivity index (χ1n) is 8.73. The highest BCUT2D eigenvalue weighted by atomic mass is 15.0. The molecule has 0 aromatic rings. The highest BCUT2D eigenvalue weighted by Crippen LogP contribution is 2.38. The molecule has 0 aliphatic heterocycles. The smallest absolute Gasteiger partial charge is 0.00698 e. The Morgan fingerprint density at radius 2 is 1.42 bits per heavy atom. The molecule has 0 radical (unpaired) electrons. The van der Waals surface area contributed by atoms with Crippen molar-refractivity contribution in [2.45, 2.75) is 97.6 Å². The fourth-order valence-corrected chi connectivity index (χ4v) is 4.27. The van der Waals surface area contributed by atoms with Gasteiger partial charge in [0.15, 0.2) is 0 Å². The summed E-state index contributed by atoms with van der Waals surface area (Å²) in [5.74, 6) is 1.89. The Hall–Kier alpha value is -0.0400. The van der Waals surface area contributed by atoms with Crippen molar-refractivity contribution in [2.75, 3.05) is 0 Å². The lowest BCUT2D eigenvalue weighted by Gasteiger charge is -2.39. The summed E-state index contributed by atoms with van der Waals surface area (Å²) in [4.78, 5) is 0. The van der Waals surface area contributed by atoms with Crippen molar-refractivity contribution >= 4 is 0 Å². The molecule has 0 saturated heterocycles. The topological polar surface area (TPSA) is 12.0 Å². The molecule has 0 bridgehead atoms. The maximum Gasteiger partial charge on any atom is 0.00698 e. The summed E-state index contributed by atoms with van der Waals surface area (Å²) >= 11 is 0. The van der Waals surface area contributed by atoms with Crippen molar-refractivity contribution in [3.63, 3.8) is 0 Å². The maximum absolute atomic E-state index is 3.96. The maximum atomic E-state index is 3.96. The van der Waals surface area contributed by atoms with Crippen molar-refractivity contribution in [3.8, 4) is 0 Å². The quantitative estimate of drug-likeness (QED) is 0.744. The Morgan fingerprint density at radius 1 is 0.842 bits per heavy atom. The average Bonchev–Trinajstić information content (AvgIpc) is 2.39. The van der Waals surface area contributed by atoms with Gasteiger partial charge in [-0.15, -0.1) is 0 Å². The lowest BCUT2D eigenvalue weighted by atomic mass is 9.71. The molecule has 1 N–H and O–H groups in total. The van der Waals surface area contributed by atoms with Gasteiger partial charge in [-0.2, -0.15) is 0 Å². The van der Waals surface area contributed by atoms with E-state index in [1.54, 1.807) is 0 Å². The molecule has 2 rings (SSSR count). The van der Waals surface area contributed by atoms with Crippen molar-refractivity contribution < 1.29 is 0 Å². The van der Waals surface area contributed by atoms with E-state index in [4.69, 9.17) is 0 Å². The van der Waals surface area contributed by atoms with E-state index in [-0.39, 0.29) is 0 Å². The van der Waals surface area contributed by atoms with Crippen LogP contribution in [0.25, 0.3) is 0 Å². The average molecular weight is 265 g/mol. The van der Waals surface area contributed by atoms with E-state index in [1.165, 1.54) is 57.8 Å². The molecular formula is C18H35N. The number of hydrogen-bond acceptors (Lipinski definition) is 1. The lowest BCUT2D eigenvalue weighted by molar-refractivity contribution is 0.148. The molecule has 19 heavy (non-hydrogen) atoms. The van der Waals surface area contributed by atoms with Crippen LogP contribution < -0.4 is 5.32 Å². The molecule has 0 aromatic carbocycles. The summed E-state index contributed by atoms with van der Waals surface area (Å²) in [6.07, 6.45) is 13.0. The molecule has 0 heterocycles. The lowest BCUT2D eigenvalue weighted by Crippen LogP contribution is -2.44. The van der Waals surface area contributed by atoms with Crippen LogP contribution in [0, 0.1) is 17.3 Å². The van der Waals surface area contributed by atoms with E-state index < -0.39 is 0 Å². The summed E-state index contributed by atoms with van der Waals surface area (Å²) < 4.78 is 0. The van der Waals surface area contributed by atoms with Crippen LogP contribution in [-0.4, -0.2) is 12.1 Å². The van der Waals surface area contributed by atoms with Gasteiger partial charge in [-0.1, -0.05) is 40.0 Å². The number of hydrogen-bond donors (Lipinski definition) is 1. The Morgan fingerprint density at radius 3 is 1.95 bits per heavy atom. The molecule has 2 aliphatic carbocycles. The molecule has 0 spiro atoms. The molecular weight excluding hydrogens is 230 g/mol. The van der Waals surface area contributed by atoms with Crippen molar-refractivity contribution in [2.24, 2.45) is 17.3 Å². The first-order chi connectivity index (χ1) is 8.97. The summed E-state index contributed by atoms with van der Waals surface area (Å²) in [5.41, 5.74) is 0.514. The van der Waals surface area contributed by atoms with Gasteiger partial charge in [0.05, 0.1) is 0 Å². The third kappa shape index (κ3) is 4.48. The molecule has 1 heteroatoms. The summed E-state index contributed by atoms with van der Waals surface area (Å²) in [6, 6.07) is 1.55. The van der Waals surface area contributed by atoms with Crippen LogP contribution >= 0.6 is 0 Å². The zero-order chi connectivity index (χ0) is 13.9. The van der Waals surface area contributed by atoms with Gasteiger partial charge in [0, 0.05) is 12.1 Å². The van der Waals surface area contributed by atoms with E-state index in [0.717, 1.165) is 23.9 Å². The van der Waals surface area contributed by atoms with Gasteiger partial charge in [0.25, 0.3) is 0 Å². The Bertz CT molecular complexity index is 251. The van der Waals surface area contributed by atoms with E-state index in [9.17, 15) is 0 Å². The minimum absolute atomic E-state index is 0.514. The fourth-order valence-electron chi connectivity index (χ4n) is 4.27. The Balaban J connectivity index is 1.73. The molecule has 2 saturated carbocycles. The van der Waals surface area contributed by atoms with Crippen LogP contribution in [0.3, 0.4) is 0 Å². The second kappa shape index (κ2) is 6.61. The zero-order valence-electron chi connectivity index (χ0n) is 13.7. The zero-order valence-corrected chi connectivity index (χ0v) is 13.7. The fraction of sp³-hybridized carbons (Fsp3) is 1.00. The Kier molecular flexibility index (Phi) is 5.34. The molecule has 0 aromatic heterocycles. The number of rotatable bonds is 3. The molecule has 2 aliphatic rings. The van der Waals surface area contributed by atoms with Crippen molar-refractivity contribution in [1.29, 1.82) is 0 Å². The van der Waals surface area contributed by atoms with Gasteiger partial charge in [0.1, 0.15) is 0 Å². The van der Waals surface area contributed by atoms with Gasteiger partial charge in [-0.25, -0.2) is 0 Å². The molecule has 112 valence electrons. The van der Waals surface area contributed by atoms with Crippen molar-refractivity contribution in [3.05, 3.63) is 0 Å². The first-order valence-corrected chi connectivity index (χ1v) is 8.73. The van der Waals surface area contributed by atoms with Crippen LogP contribution in [0.2, 0.25) is 0 Å². The summed E-state index contributed by atoms with van der Waals surface area (Å²) in [5, 5.41) is 3.96. The second-order valence-electron chi connectivity index (χ2n) is 8.27.